The Balaban J connectivity index is 1.95. The van der Waals surface area contributed by atoms with Crippen LogP contribution in [0.2, 0.25) is 0 Å². The minimum absolute atomic E-state index is 0.772. The molecule has 0 amide bonds. The average molecular weight is 288 g/mol. The summed E-state index contributed by atoms with van der Waals surface area (Å²) in [7, 11) is 0. The molecule has 0 heteroatoms. The molecule has 4 rings (SSSR count). The molecule has 112 valence electrons. The third-order valence-corrected chi connectivity index (χ3v) is 5.37. The molecule has 0 nitrogen and oxygen atoms in total. The zero-order valence-corrected chi connectivity index (χ0v) is 13.4. The van der Waals surface area contributed by atoms with Crippen molar-refractivity contribution in [2.45, 2.75) is 51.4 Å². The number of rotatable bonds is 3. The Labute approximate surface area is 133 Å². The predicted octanol–water partition coefficient (Wildman–Crippen LogP) is 6.60. The largest absolute Gasteiger partial charge is 0.0654 e. The van der Waals surface area contributed by atoms with E-state index in [1.165, 1.54) is 60.1 Å². The summed E-state index contributed by atoms with van der Waals surface area (Å²) in [4.78, 5) is 0. The lowest BCUT2D eigenvalue weighted by Gasteiger charge is -2.27. The van der Waals surface area contributed by atoms with Crippen molar-refractivity contribution in [1.82, 2.24) is 0 Å². The smallest absolute Gasteiger partial charge is 0.0102 e. The zero-order valence-electron chi connectivity index (χ0n) is 13.4. The first kappa shape index (κ1) is 13.8. The van der Waals surface area contributed by atoms with Crippen molar-refractivity contribution in [2.75, 3.05) is 0 Å². The summed E-state index contributed by atoms with van der Waals surface area (Å²) >= 11 is 0. The maximum atomic E-state index is 2.40. The van der Waals surface area contributed by atoms with Gasteiger partial charge in [0.15, 0.2) is 0 Å². The van der Waals surface area contributed by atoms with E-state index < -0.39 is 0 Å². The van der Waals surface area contributed by atoms with Crippen molar-refractivity contribution in [1.29, 1.82) is 0 Å². The fourth-order valence-electron chi connectivity index (χ4n) is 4.28. The molecule has 0 aromatic heterocycles. The first-order valence-corrected chi connectivity index (χ1v) is 8.81. The van der Waals surface area contributed by atoms with Gasteiger partial charge in [-0.15, -0.1) is 0 Å². The Hall–Kier alpha value is -1.82. The Bertz CT molecular complexity index is 813. The van der Waals surface area contributed by atoms with Gasteiger partial charge in [0.1, 0.15) is 0 Å². The molecule has 3 aromatic rings. The second-order valence-electron chi connectivity index (χ2n) is 6.75. The van der Waals surface area contributed by atoms with Gasteiger partial charge in [-0.3, -0.25) is 0 Å². The summed E-state index contributed by atoms with van der Waals surface area (Å²) in [6, 6.07) is 18.2. The van der Waals surface area contributed by atoms with E-state index >= 15 is 0 Å². The third-order valence-electron chi connectivity index (χ3n) is 5.37. The maximum Gasteiger partial charge on any atom is -0.0102 e. The van der Waals surface area contributed by atoms with Crippen molar-refractivity contribution < 1.29 is 0 Å². The monoisotopic (exact) mass is 288 g/mol. The number of aryl methyl sites for hydroxylation is 1. The van der Waals surface area contributed by atoms with E-state index in [4.69, 9.17) is 0 Å². The van der Waals surface area contributed by atoms with Crippen LogP contribution in [0.5, 0.6) is 0 Å². The van der Waals surface area contributed by atoms with Gasteiger partial charge in [0.25, 0.3) is 0 Å². The van der Waals surface area contributed by atoms with E-state index in [2.05, 4.69) is 55.5 Å². The Morgan fingerprint density at radius 3 is 2.68 bits per heavy atom. The average Bonchev–Trinajstić information content (AvgIpc) is 2.59. The molecular weight excluding hydrogens is 264 g/mol. The predicted molar refractivity (Wildman–Crippen MR) is 96.7 cm³/mol. The quantitative estimate of drug-likeness (QED) is 0.476. The van der Waals surface area contributed by atoms with E-state index in [1.54, 1.807) is 11.1 Å². The third kappa shape index (κ3) is 2.22. The highest BCUT2D eigenvalue weighted by molar-refractivity contribution is 6.08. The van der Waals surface area contributed by atoms with E-state index in [0.717, 1.165) is 5.92 Å². The van der Waals surface area contributed by atoms with Crippen molar-refractivity contribution in [3.05, 3.63) is 59.7 Å². The van der Waals surface area contributed by atoms with Gasteiger partial charge in [-0.05, 0) is 64.3 Å². The normalized spacial score (nSPS) is 17.8. The van der Waals surface area contributed by atoms with Gasteiger partial charge in [0.05, 0.1) is 0 Å². The van der Waals surface area contributed by atoms with Crippen LogP contribution in [-0.4, -0.2) is 0 Å². The molecule has 1 aliphatic carbocycles. The summed E-state index contributed by atoms with van der Waals surface area (Å²) in [5.74, 6) is 0.772. The summed E-state index contributed by atoms with van der Waals surface area (Å²) in [6.07, 6.45) is 8.02. The van der Waals surface area contributed by atoms with E-state index in [9.17, 15) is 0 Å². The van der Waals surface area contributed by atoms with Crippen LogP contribution in [0.3, 0.4) is 0 Å². The van der Waals surface area contributed by atoms with Gasteiger partial charge >= 0.3 is 0 Å². The molecule has 22 heavy (non-hydrogen) atoms. The maximum absolute atomic E-state index is 2.40. The van der Waals surface area contributed by atoms with Crippen LogP contribution >= 0.6 is 0 Å². The highest BCUT2D eigenvalue weighted by Gasteiger charge is 2.22. The van der Waals surface area contributed by atoms with Crippen molar-refractivity contribution in [2.24, 2.45) is 0 Å². The highest BCUT2D eigenvalue weighted by atomic mass is 14.3. The number of unbranched alkanes of at least 4 members (excludes halogenated alkanes) is 1. The number of benzene rings is 3. The molecule has 0 spiro atoms. The Kier molecular flexibility index (Phi) is 3.62. The zero-order chi connectivity index (χ0) is 14.9. The van der Waals surface area contributed by atoms with E-state index in [1.807, 2.05) is 0 Å². The topological polar surface area (TPSA) is 0 Å². The summed E-state index contributed by atoms with van der Waals surface area (Å²) < 4.78 is 0. The summed E-state index contributed by atoms with van der Waals surface area (Å²) in [6.45, 7) is 2.31. The van der Waals surface area contributed by atoms with Crippen LogP contribution in [0.25, 0.3) is 21.5 Å². The lowest BCUT2D eigenvalue weighted by molar-refractivity contribution is 0.505. The molecule has 0 saturated carbocycles. The molecule has 0 radical (unpaired) electrons. The van der Waals surface area contributed by atoms with E-state index in [-0.39, 0.29) is 0 Å². The Morgan fingerprint density at radius 2 is 1.77 bits per heavy atom. The first-order valence-electron chi connectivity index (χ1n) is 8.81. The fraction of sp³-hybridized carbons (Fsp3) is 0.364. The molecular formula is C22H24. The molecule has 1 unspecified atom stereocenters. The van der Waals surface area contributed by atoms with Crippen LogP contribution in [0.15, 0.2) is 48.5 Å². The minimum atomic E-state index is 0.772. The van der Waals surface area contributed by atoms with Crippen LogP contribution < -0.4 is 0 Å². The van der Waals surface area contributed by atoms with Crippen LogP contribution in [-0.2, 0) is 6.42 Å². The lowest BCUT2D eigenvalue weighted by atomic mass is 9.77. The number of fused-ring (bicyclic) bond motifs is 5. The van der Waals surface area contributed by atoms with Crippen LogP contribution in [0, 0.1) is 0 Å². The van der Waals surface area contributed by atoms with Crippen molar-refractivity contribution in [3.63, 3.8) is 0 Å². The van der Waals surface area contributed by atoms with Gasteiger partial charge in [-0.25, -0.2) is 0 Å². The molecule has 0 bridgehead atoms. The van der Waals surface area contributed by atoms with Crippen LogP contribution in [0.1, 0.15) is 56.1 Å². The Morgan fingerprint density at radius 1 is 0.909 bits per heavy atom. The molecule has 1 atom stereocenters. The molecule has 3 aromatic carbocycles. The van der Waals surface area contributed by atoms with Gasteiger partial charge < -0.3 is 0 Å². The van der Waals surface area contributed by atoms with Gasteiger partial charge in [-0.1, -0.05) is 68.3 Å². The molecule has 0 saturated heterocycles. The van der Waals surface area contributed by atoms with Crippen molar-refractivity contribution in [3.8, 4) is 0 Å². The molecule has 0 heterocycles. The summed E-state index contributed by atoms with van der Waals surface area (Å²) in [5.41, 5.74) is 3.28. The second kappa shape index (κ2) is 5.76. The standard InChI is InChI=1S/C22H24/c1-2-3-7-17-9-6-10-18-13-14-20-19-11-5-4-8-16(19)12-15-21(20)22(17)18/h4-5,8,11-15,17H,2-3,6-7,9-10H2,1H3. The van der Waals surface area contributed by atoms with Gasteiger partial charge in [0, 0.05) is 0 Å². The number of hydrogen-bond donors (Lipinski definition) is 0. The second-order valence-corrected chi connectivity index (χ2v) is 6.75. The fourth-order valence-corrected chi connectivity index (χ4v) is 4.28. The lowest BCUT2D eigenvalue weighted by Crippen LogP contribution is -2.10. The minimum Gasteiger partial charge on any atom is -0.0654 e. The van der Waals surface area contributed by atoms with Crippen molar-refractivity contribution >= 4 is 21.5 Å². The SMILES string of the molecule is CCCCC1CCCc2ccc3c(ccc4ccccc43)c21. The molecule has 0 N–H and O–H groups in total. The van der Waals surface area contributed by atoms with Gasteiger partial charge in [-0.2, -0.15) is 0 Å². The number of hydrogen-bond acceptors (Lipinski definition) is 0. The highest BCUT2D eigenvalue weighted by Crippen LogP contribution is 2.41. The van der Waals surface area contributed by atoms with E-state index in [0.29, 0.717) is 0 Å². The molecule has 1 aliphatic rings. The first-order chi connectivity index (χ1) is 10.9. The summed E-state index contributed by atoms with van der Waals surface area (Å²) in [5, 5.41) is 5.72. The van der Waals surface area contributed by atoms with Crippen LogP contribution in [0.4, 0.5) is 0 Å². The molecule has 0 fully saturated rings. The van der Waals surface area contributed by atoms with Gasteiger partial charge in [0.2, 0.25) is 0 Å². The molecule has 0 aliphatic heterocycles.